The van der Waals surface area contributed by atoms with Crippen LogP contribution in [-0.4, -0.2) is 28.9 Å². The van der Waals surface area contributed by atoms with Gasteiger partial charge in [0, 0.05) is 28.9 Å². The fraction of sp³-hybridized carbons (Fsp3) is 0.185. The molecular formula is C27H25Cl2N3O3. The van der Waals surface area contributed by atoms with Crippen molar-refractivity contribution in [3.05, 3.63) is 94.6 Å². The van der Waals surface area contributed by atoms with Gasteiger partial charge < -0.3 is 14.8 Å². The lowest BCUT2D eigenvalue weighted by Crippen LogP contribution is -2.28. The lowest BCUT2D eigenvalue weighted by atomic mass is 10.1. The molecule has 0 unspecified atom stereocenters. The van der Waals surface area contributed by atoms with Gasteiger partial charge in [0.2, 0.25) is 0 Å². The van der Waals surface area contributed by atoms with Crippen LogP contribution < -0.4 is 14.8 Å². The Labute approximate surface area is 214 Å². The predicted molar refractivity (Wildman–Crippen MR) is 139 cm³/mol. The Morgan fingerprint density at radius 1 is 1.00 bits per heavy atom. The molecule has 4 rings (SSSR count). The van der Waals surface area contributed by atoms with E-state index in [2.05, 4.69) is 12.2 Å². The highest BCUT2D eigenvalue weighted by molar-refractivity contribution is 6.35. The Bertz CT molecular complexity index is 1290. The minimum atomic E-state index is -0.283. The van der Waals surface area contributed by atoms with E-state index in [9.17, 15) is 4.79 Å². The van der Waals surface area contributed by atoms with Gasteiger partial charge in [0.05, 0.1) is 23.0 Å². The topological polar surface area (TPSA) is 65.4 Å². The van der Waals surface area contributed by atoms with Crippen molar-refractivity contribution in [2.24, 2.45) is 0 Å². The highest BCUT2D eigenvalue weighted by Gasteiger charge is 2.15. The quantitative estimate of drug-likeness (QED) is 0.271. The number of carbonyl (C=O) groups is 1. The number of nitrogens with one attached hydrogen (secondary N) is 1. The van der Waals surface area contributed by atoms with Crippen molar-refractivity contribution >= 4 is 29.1 Å². The summed E-state index contributed by atoms with van der Waals surface area (Å²) in [7, 11) is 0. The molecule has 0 aliphatic heterocycles. The predicted octanol–water partition coefficient (Wildman–Crippen LogP) is 6.33. The van der Waals surface area contributed by atoms with E-state index in [-0.39, 0.29) is 19.1 Å². The zero-order valence-electron chi connectivity index (χ0n) is 19.2. The SMILES string of the molecule is CCCOc1cccc(-c2nn(-c3ccccc3)cc2CNC(=O)COc2ccc(Cl)cc2Cl)c1. The van der Waals surface area contributed by atoms with Gasteiger partial charge in [0.1, 0.15) is 11.5 Å². The number of hydrogen-bond acceptors (Lipinski definition) is 4. The Morgan fingerprint density at radius 3 is 2.60 bits per heavy atom. The number of benzene rings is 3. The number of amides is 1. The van der Waals surface area contributed by atoms with Gasteiger partial charge in [-0.05, 0) is 48.9 Å². The number of ether oxygens (including phenoxy) is 2. The molecule has 6 nitrogen and oxygen atoms in total. The number of nitrogens with zero attached hydrogens (tertiary/aromatic N) is 2. The summed E-state index contributed by atoms with van der Waals surface area (Å²) in [6.45, 7) is 2.81. The maximum Gasteiger partial charge on any atom is 0.258 e. The Morgan fingerprint density at radius 2 is 1.83 bits per heavy atom. The van der Waals surface area contributed by atoms with Gasteiger partial charge in [-0.1, -0.05) is 60.5 Å². The maximum atomic E-state index is 12.5. The zero-order valence-corrected chi connectivity index (χ0v) is 20.7. The fourth-order valence-corrected chi connectivity index (χ4v) is 3.89. The molecule has 3 aromatic carbocycles. The standard InChI is InChI=1S/C27H25Cl2N3O3/c1-2-13-34-23-10-6-7-19(14-23)27-20(17-32(31-27)22-8-4-3-5-9-22)16-30-26(33)18-35-25-12-11-21(28)15-24(25)29/h3-12,14-15,17H,2,13,16,18H2,1H3,(H,30,33). The smallest absolute Gasteiger partial charge is 0.258 e. The van der Waals surface area contributed by atoms with Crippen LogP contribution in [0.4, 0.5) is 0 Å². The molecule has 1 aromatic heterocycles. The first-order valence-electron chi connectivity index (χ1n) is 11.2. The molecule has 0 radical (unpaired) electrons. The van der Waals surface area contributed by atoms with Crippen molar-refractivity contribution in [3.63, 3.8) is 0 Å². The van der Waals surface area contributed by atoms with Crippen LogP contribution in [0.15, 0.2) is 79.0 Å². The third-order valence-corrected chi connectivity index (χ3v) is 5.65. The van der Waals surface area contributed by atoms with Gasteiger partial charge in [-0.3, -0.25) is 4.79 Å². The molecule has 0 aliphatic carbocycles. The Hall–Kier alpha value is -3.48. The highest BCUT2D eigenvalue weighted by atomic mass is 35.5. The van der Waals surface area contributed by atoms with Crippen LogP contribution in [0.3, 0.4) is 0 Å². The highest BCUT2D eigenvalue weighted by Crippen LogP contribution is 2.28. The van der Waals surface area contributed by atoms with E-state index >= 15 is 0 Å². The molecule has 0 aliphatic rings. The second kappa shape index (κ2) is 11.8. The lowest BCUT2D eigenvalue weighted by molar-refractivity contribution is -0.123. The molecule has 0 atom stereocenters. The van der Waals surface area contributed by atoms with E-state index in [0.29, 0.717) is 22.4 Å². The van der Waals surface area contributed by atoms with Crippen LogP contribution in [0, 0.1) is 0 Å². The van der Waals surface area contributed by atoms with Crippen molar-refractivity contribution in [2.45, 2.75) is 19.9 Å². The molecule has 0 fully saturated rings. The molecule has 8 heteroatoms. The Kier molecular flexibility index (Phi) is 8.29. The van der Waals surface area contributed by atoms with Crippen LogP contribution in [0.1, 0.15) is 18.9 Å². The lowest BCUT2D eigenvalue weighted by Gasteiger charge is -2.10. The summed E-state index contributed by atoms with van der Waals surface area (Å²) in [5.74, 6) is 0.893. The first kappa shape index (κ1) is 24.6. The summed E-state index contributed by atoms with van der Waals surface area (Å²) < 4.78 is 13.1. The van der Waals surface area contributed by atoms with Gasteiger partial charge >= 0.3 is 0 Å². The van der Waals surface area contributed by atoms with Crippen LogP contribution in [0.5, 0.6) is 11.5 Å². The van der Waals surface area contributed by atoms with E-state index in [0.717, 1.165) is 34.7 Å². The number of aromatic nitrogens is 2. The molecular weight excluding hydrogens is 485 g/mol. The van der Waals surface area contributed by atoms with Crippen molar-refractivity contribution in [3.8, 4) is 28.4 Å². The van der Waals surface area contributed by atoms with Gasteiger partial charge in [-0.2, -0.15) is 5.10 Å². The molecule has 1 heterocycles. The van der Waals surface area contributed by atoms with E-state index < -0.39 is 0 Å². The second-order valence-electron chi connectivity index (χ2n) is 7.80. The Balaban J connectivity index is 1.52. The average molecular weight is 510 g/mol. The zero-order chi connectivity index (χ0) is 24.6. The van der Waals surface area contributed by atoms with Crippen molar-refractivity contribution in [1.29, 1.82) is 0 Å². The van der Waals surface area contributed by atoms with Crippen LogP contribution in [0.25, 0.3) is 16.9 Å². The number of carbonyl (C=O) groups excluding carboxylic acids is 1. The fourth-order valence-electron chi connectivity index (χ4n) is 3.43. The monoisotopic (exact) mass is 509 g/mol. The molecule has 0 bridgehead atoms. The van der Waals surface area contributed by atoms with E-state index in [4.69, 9.17) is 37.8 Å². The first-order chi connectivity index (χ1) is 17.0. The minimum absolute atomic E-state index is 0.177. The van der Waals surface area contributed by atoms with Crippen molar-refractivity contribution in [2.75, 3.05) is 13.2 Å². The van der Waals surface area contributed by atoms with Gasteiger partial charge in [0.25, 0.3) is 5.91 Å². The summed E-state index contributed by atoms with van der Waals surface area (Å²) in [4.78, 5) is 12.5. The van der Waals surface area contributed by atoms with E-state index in [1.807, 2.05) is 60.8 Å². The van der Waals surface area contributed by atoms with Crippen LogP contribution >= 0.6 is 23.2 Å². The van der Waals surface area contributed by atoms with Gasteiger partial charge in [-0.15, -0.1) is 0 Å². The summed E-state index contributed by atoms with van der Waals surface area (Å²) in [6.07, 6.45) is 2.84. The summed E-state index contributed by atoms with van der Waals surface area (Å²) in [5.41, 5.74) is 3.45. The number of hydrogen-bond donors (Lipinski definition) is 1. The average Bonchev–Trinajstić information content (AvgIpc) is 3.31. The van der Waals surface area contributed by atoms with Crippen LogP contribution in [-0.2, 0) is 11.3 Å². The molecule has 1 N–H and O–H groups in total. The van der Waals surface area contributed by atoms with Crippen LogP contribution in [0.2, 0.25) is 10.0 Å². The molecule has 35 heavy (non-hydrogen) atoms. The third-order valence-electron chi connectivity index (χ3n) is 5.12. The first-order valence-corrected chi connectivity index (χ1v) is 12.0. The summed E-state index contributed by atoms with van der Waals surface area (Å²) in [5, 5.41) is 8.57. The molecule has 4 aromatic rings. The van der Waals surface area contributed by atoms with Crippen molar-refractivity contribution < 1.29 is 14.3 Å². The summed E-state index contributed by atoms with van der Waals surface area (Å²) >= 11 is 12.0. The van der Waals surface area contributed by atoms with E-state index in [1.165, 1.54) is 0 Å². The largest absolute Gasteiger partial charge is 0.494 e. The molecule has 0 saturated heterocycles. The van der Waals surface area contributed by atoms with Gasteiger partial charge in [0.15, 0.2) is 6.61 Å². The van der Waals surface area contributed by atoms with Gasteiger partial charge in [-0.25, -0.2) is 4.68 Å². The molecule has 0 saturated carbocycles. The number of rotatable bonds is 10. The normalized spacial score (nSPS) is 10.7. The number of halogens is 2. The van der Waals surface area contributed by atoms with Crippen molar-refractivity contribution in [1.82, 2.24) is 15.1 Å². The molecule has 180 valence electrons. The number of para-hydroxylation sites is 1. The third kappa shape index (κ3) is 6.56. The maximum absolute atomic E-state index is 12.5. The molecule has 1 amide bonds. The second-order valence-corrected chi connectivity index (χ2v) is 8.64. The summed E-state index contributed by atoms with van der Waals surface area (Å²) in [6, 6.07) is 22.5. The van der Waals surface area contributed by atoms with E-state index in [1.54, 1.807) is 22.9 Å². The minimum Gasteiger partial charge on any atom is -0.494 e. The molecule has 0 spiro atoms.